The van der Waals surface area contributed by atoms with Crippen LogP contribution in [-0.4, -0.2) is 52.7 Å². The SMILES string of the molecule is Nc1ccccc1NC(=O)CCCCCCC(=O)Nc1ccc(C2OC(CN3CCC(O)(c4ccc(Cl)cc4)CC3)CC(c3ccc(CO)cc3)O2)cc1. The summed E-state index contributed by atoms with van der Waals surface area (Å²) < 4.78 is 13.1. The van der Waals surface area contributed by atoms with Gasteiger partial charge in [-0.1, -0.05) is 85.1 Å². The molecule has 2 saturated heterocycles. The minimum absolute atomic E-state index is 0.0212. The number of unbranched alkanes of at least 4 members (excludes halogenated alkanes) is 3. The number of carbonyl (C=O) groups excluding carboxylic acids is 2. The lowest BCUT2D eigenvalue weighted by molar-refractivity contribution is -0.253. The number of para-hydroxylation sites is 2. The molecule has 0 aromatic heterocycles. The van der Waals surface area contributed by atoms with Gasteiger partial charge in [-0.05, 0) is 78.8 Å². The van der Waals surface area contributed by atoms with Gasteiger partial charge in [0.1, 0.15) is 0 Å². The van der Waals surface area contributed by atoms with Crippen LogP contribution in [0.4, 0.5) is 17.1 Å². The van der Waals surface area contributed by atoms with Crippen molar-refractivity contribution in [3.05, 3.63) is 124 Å². The number of ether oxygens (including phenoxy) is 2. The summed E-state index contributed by atoms with van der Waals surface area (Å²) in [5.41, 5.74) is 10.5. The highest BCUT2D eigenvalue weighted by Gasteiger charge is 2.37. The molecular formula is C43H51ClN4O6. The summed E-state index contributed by atoms with van der Waals surface area (Å²) in [6.45, 7) is 2.14. The molecule has 0 radical (unpaired) electrons. The molecule has 54 heavy (non-hydrogen) atoms. The highest BCUT2D eigenvalue weighted by molar-refractivity contribution is 6.30. The van der Waals surface area contributed by atoms with Crippen LogP contribution >= 0.6 is 11.6 Å². The molecule has 286 valence electrons. The summed E-state index contributed by atoms with van der Waals surface area (Å²) >= 11 is 6.08. The maximum atomic E-state index is 12.7. The number of benzene rings is 4. The molecule has 6 rings (SSSR count). The number of aliphatic hydroxyl groups is 2. The third kappa shape index (κ3) is 10.9. The van der Waals surface area contributed by atoms with Gasteiger partial charge in [0.2, 0.25) is 11.8 Å². The van der Waals surface area contributed by atoms with Crippen molar-refractivity contribution >= 4 is 40.5 Å². The number of rotatable bonds is 15. The Balaban J connectivity index is 0.985. The Morgan fingerprint density at radius 3 is 2.07 bits per heavy atom. The predicted molar refractivity (Wildman–Crippen MR) is 212 cm³/mol. The van der Waals surface area contributed by atoms with Crippen molar-refractivity contribution in [2.75, 3.05) is 36.0 Å². The summed E-state index contributed by atoms with van der Waals surface area (Å²) in [4.78, 5) is 27.3. The first-order chi connectivity index (χ1) is 26.2. The van der Waals surface area contributed by atoms with E-state index in [1.54, 1.807) is 12.1 Å². The van der Waals surface area contributed by atoms with E-state index in [2.05, 4.69) is 15.5 Å². The Labute approximate surface area is 322 Å². The maximum Gasteiger partial charge on any atom is 0.224 e. The van der Waals surface area contributed by atoms with Crippen molar-refractivity contribution in [1.82, 2.24) is 4.90 Å². The smallest absolute Gasteiger partial charge is 0.224 e. The molecule has 3 atom stereocenters. The molecule has 2 fully saturated rings. The molecular weight excluding hydrogens is 704 g/mol. The number of likely N-dealkylation sites (tertiary alicyclic amines) is 1. The molecule has 6 N–H and O–H groups in total. The minimum Gasteiger partial charge on any atom is -0.397 e. The van der Waals surface area contributed by atoms with Crippen molar-refractivity contribution in [3.63, 3.8) is 0 Å². The van der Waals surface area contributed by atoms with Gasteiger partial charge in [0.25, 0.3) is 0 Å². The quantitative estimate of drug-likeness (QED) is 0.0609. The van der Waals surface area contributed by atoms with E-state index in [4.69, 9.17) is 26.8 Å². The van der Waals surface area contributed by atoms with Crippen LogP contribution < -0.4 is 16.4 Å². The number of hydrogen-bond donors (Lipinski definition) is 5. The van der Waals surface area contributed by atoms with E-state index in [1.807, 2.05) is 84.9 Å². The first-order valence-electron chi connectivity index (χ1n) is 18.9. The number of nitrogens with two attached hydrogens (primary N) is 1. The number of anilines is 3. The van der Waals surface area contributed by atoms with E-state index < -0.39 is 11.9 Å². The number of hydrogen-bond acceptors (Lipinski definition) is 8. The summed E-state index contributed by atoms with van der Waals surface area (Å²) in [7, 11) is 0. The molecule has 0 bridgehead atoms. The fraction of sp³-hybridized carbons (Fsp3) is 0.395. The molecule has 3 unspecified atom stereocenters. The summed E-state index contributed by atoms with van der Waals surface area (Å²) in [6.07, 6.45) is 4.95. The van der Waals surface area contributed by atoms with Crippen LogP contribution in [0.25, 0.3) is 0 Å². The largest absolute Gasteiger partial charge is 0.397 e. The first kappa shape index (κ1) is 39.4. The molecule has 2 heterocycles. The van der Waals surface area contributed by atoms with Crippen molar-refractivity contribution in [1.29, 1.82) is 0 Å². The van der Waals surface area contributed by atoms with Crippen molar-refractivity contribution < 1.29 is 29.3 Å². The molecule has 0 spiro atoms. The zero-order valence-corrected chi connectivity index (χ0v) is 31.3. The first-order valence-corrected chi connectivity index (χ1v) is 19.3. The van der Waals surface area contributed by atoms with Crippen LogP contribution in [0.2, 0.25) is 5.02 Å². The number of nitrogen functional groups attached to an aromatic ring is 1. The monoisotopic (exact) mass is 754 g/mol. The Kier molecular flexibility index (Phi) is 13.7. The van der Waals surface area contributed by atoms with Gasteiger partial charge in [0.05, 0.1) is 35.8 Å². The van der Waals surface area contributed by atoms with E-state index in [0.29, 0.717) is 60.7 Å². The highest BCUT2D eigenvalue weighted by Crippen LogP contribution is 2.40. The molecule has 4 aromatic carbocycles. The topological polar surface area (TPSA) is 146 Å². The number of piperidine rings is 1. The van der Waals surface area contributed by atoms with Crippen LogP contribution in [0.1, 0.15) is 92.4 Å². The molecule has 11 heteroatoms. The van der Waals surface area contributed by atoms with Gasteiger partial charge in [-0.25, -0.2) is 0 Å². The van der Waals surface area contributed by atoms with Gasteiger partial charge in [0, 0.05) is 55.2 Å². The zero-order chi connectivity index (χ0) is 37.9. The van der Waals surface area contributed by atoms with E-state index >= 15 is 0 Å². The average molecular weight is 755 g/mol. The molecule has 2 aliphatic heterocycles. The molecule has 0 aliphatic carbocycles. The number of aliphatic hydroxyl groups excluding tert-OH is 1. The predicted octanol–water partition coefficient (Wildman–Crippen LogP) is 7.86. The summed E-state index contributed by atoms with van der Waals surface area (Å²) in [5.74, 6) is -0.117. The Morgan fingerprint density at radius 2 is 1.43 bits per heavy atom. The van der Waals surface area contributed by atoms with Crippen molar-refractivity contribution in [3.8, 4) is 0 Å². The number of carbonyl (C=O) groups is 2. The van der Waals surface area contributed by atoms with Gasteiger partial charge in [-0.2, -0.15) is 0 Å². The van der Waals surface area contributed by atoms with Gasteiger partial charge < -0.3 is 41.0 Å². The molecule has 0 saturated carbocycles. The fourth-order valence-electron chi connectivity index (χ4n) is 7.17. The number of amides is 2. The highest BCUT2D eigenvalue weighted by atomic mass is 35.5. The Morgan fingerprint density at radius 1 is 0.796 bits per heavy atom. The van der Waals surface area contributed by atoms with E-state index in [1.165, 1.54) is 0 Å². The standard InChI is InChI=1S/C43H51ClN4O6/c44-34-19-17-33(18-20-34)43(52)23-25-48(26-24-43)28-36-27-39(31-13-11-30(29-49)12-14-31)54-42(53-36)32-15-21-35(22-16-32)46-40(50)9-3-1-2-4-10-41(51)47-38-8-6-5-7-37(38)45/h5-8,11-22,36,39,42,49,52H,1-4,9-10,23-29,45H2,(H,46,50)(H,47,51). The zero-order valence-electron chi connectivity index (χ0n) is 30.6. The molecule has 10 nitrogen and oxygen atoms in total. The Bertz CT molecular complexity index is 1810. The van der Waals surface area contributed by atoms with Crippen LogP contribution in [0.5, 0.6) is 0 Å². The molecule has 2 amide bonds. The lowest BCUT2D eigenvalue weighted by Gasteiger charge is -2.42. The van der Waals surface area contributed by atoms with Crippen molar-refractivity contribution in [2.24, 2.45) is 0 Å². The number of nitrogens with one attached hydrogen (secondary N) is 2. The second-order valence-electron chi connectivity index (χ2n) is 14.4. The van der Waals surface area contributed by atoms with Crippen LogP contribution in [-0.2, 0) is 31.3 Å². The summed E-state index contributed by atoms with van der Waals surface area (Å²) in [6, 6.07) is 30.1. The van der Waals surface area contributed by atoms with Crippen LogP contribution in [0.3, 0.4) is 0 Å². The number of halogens is 1. The van der Waals surface area contributed by atoms with Gasteiger partial charge in [-0.15, -0.1) is 0 Å². The third-order valence-electron chi connectivity index (χ3n) is 10.4. The lowest BCUT2D eigenvalue weighted by Crippen LogP contribution is -2.46. The maximum absolute atomic E-state index is 12.7. The molecule has 4 aromatic rings. The van der Waals surface area contributed by atoms with Crippen molar-refractivity contribution in [2.45, 2.75) is 88.5 Å². The van der Waals surface area contributed by atoms with E-state index in [-0.39, 0.29) is 30.6 Å². The van der Waals surface area contributed by atoms with Gasteiger partial charge in [0.15, 0.2) is 6.29 Å². The van der Waals surface area contributed by atoms with Crippen LogP contribution in [0.15, 0.2) is 97.1 Å². The second-order valence-corrected chi connectivity index (χ2v) is 14.8. The lowest BCUT2D eigenvalue weighted by atomic mass is 9.84. The van der Waals surface area contributed by atoms with Gasteiger partial charge in [-0.3, -0.25) is 9.59 Å². The van der Waals surface area contributed by atoms with E-state index in [9.17, 15) is 19.8 Å². The Hall–Kier alpha value is -4.29. The van der Waals surface area contributed by atoms with Gasteiger partial charge >= 0.3 is 0 Å². The minimum atomic E-state index is -0.882. The number of nitrogens with zero attached hydrogens (tertiary/aromatic N) is 1. The fourth-order valence-corrected chi connectivity index (χ4v) is 7.30. The van der Waals surface area contributed by atoms with Crippen LogP contribution in [0, 0.1) is 0 Å². The normalized spacial score (nSPS) is 19.9. The second kappa shape index (κ2) is 18.8. The molecule has 2 aliphatic rings. The average Bonchev–Trinajstić information content (AvgIpc) is 3.18. The third-order valence-corrected chi connectivity index (χ3v) is 10.7. The summed E-state index contributed by atoms with van der Waals surface area (Å²) in [5, 5.41) is 27.5. The van der Waals surface area contributed by atoms with E-state index in [0.717, 1.165) is 61.0 Å².